The van der Waals surface area contributed by atoms with E-state index in [9.17, 15) is 24.9 Å². The molecule has 0 spiro atoms. The zero-order valence-electron chi connectivity index (χ0n) is 17.7. The molecule has 0 radical (unpaired) electrons. The van der Waals surface area contributed by atoms with Gasteiger partial charge in [-0.1, -0.05) is 6.92 Å². The summed E-state index contributed by atoms with van der Waals surface area (Å²) in [4.78, 5) is 24.3. The second-order valence-electron chi connectivity index (χ2n) is 10.2. The Morgan fingerprint density at radius 3 is 2.20 bits per heavy atom. The van der Waals surface area contributed by atoms with Crippen LogP contribution in [0.25, 0.3) is 0 Å². The molecule has 1 unspecified atom stereocenters. The highest BCUT2D eigenvalue weighted by molar-refractivity contribution is 5.76. The van der Waals surface area contributed by atoms with Gasteiger partial charge in [-0.25, -0.2) is 0 Å². The smallest absolute Gasteiger partial charge is 0.306 e. The summed E-state index contributed by atoms with van der Waals surface area (Å²) in [6.07, 6.45) is 3.16. The zero-order chi connectivity index (χ0) is 21.5. The Morgan fingerprint density at radius 2 is 1.63 bits per heavy atom. The number of hydrogen-bond donors (Lipinski definition) is 4. The third kappa shape index (κ3) is 4.52. The van der Waals surface area contributed by atoms with Gasteiger partial charge in [0.05, 0.1) is 6.42 Å². The lowest BCUT2D eigenvalue weighted by molar-refractivity contribution is -0.256. The lowest BCUT2D eigenvalue weighted by atomic mass is 9.49. The molecule has 30 heavy (non-hydrogen) atoms. The third-order valence-corrected chi connectivity index (χ3v) is 7.62. The van der Waals surface area contributed by atoms with Crippen LogP contribution in [0.3, 0.4) is 0 Å². The first-order chi connectivity index (χ1) is 14.3. The van der Waals surface area contributed by atoms with E-state index in [1.807, 2.05) is 6.92 Å². The standard InChI is InChI=1S/C22H35NO7/c1-2-3-16(24)23-18-20(27)19(26)15(30-21(18)28)11-29-17(25)10-22-7-12-4-13(8-22)6-14(5-12)9-22/h12-15,18-21,26-28H,2-11H2,1H3,(H,23,24)/t12?,13?,14?,15-,18-,19-,20-,21?,22?/m1/s1. The van der Waals surface area contributed by atoms with E-state index in [2.05, 4.69) is 5.32 Å². The summed E-state index contributed by atoms with van der Waals surface area (Å²) in [5.74, 6) is 1.60. The van der Waals surface area contributed by atoms with E-state index in [-0.39, 0.29) is 30.3 Å². The Morgan fingerprint density at radius 1 is 1.03 bits per heavy atom. The van der Waals surface area contributed by atoms with Crippen molar-refractivity contribution >= 4 is 11.9 Å². The number of carbonyl (C=O) groups is 2. The number of hydrogen-bond acceptors (Lipinski definition) is 7. The highest BCUT2D eigenvalue weighted by Crippen LogP contribution is 2.61. The minimum Gasteiger partial charge on any atom is -0.463 e. The normalized spacial score (nSPS) is 44.7. The Kier molecular flexibility index (Phi) is 6.40. The minimum atomic E-state index is -1.49. The molecular weight excluding hydrogens is 390 g/mol. The molecule has 1 saturated heterocycles. The van der Waals surface area contributed by atoms with Crippen molar-refractivity contribution in [3.63, 3.8) is 0 Å². The number of carbonyl (C=O) groups excluding carboxylic acids is 2. The molecule has 8 nitrogen and oxygen atoms in total. The monoisotopic (exact) mass is 425 g/mol. The van der Waals surface area contributed by atoms with Crippen molar-refractivity contribution < 1.29 is 34.4 Å². The van der Waals surface area contributed by atoms with E-state index in [1.54, 1.807) is 0 Å². The van der Waals surface area contributed by atoms with Gasteiger partial charge in [0.25, 0.3) is 0 Å². The quantitative estimate of drug-likeness (QED) is 0.446. The van der Waals surface area contributed by atoms with Crippen molar-refractivity contribution in [2.45, 2.75) is 95.4 Å². The summed E-state index contributed by atoms with van der Waals surface area (Å²) in [5, 5.41) is 33.3. The first kappa shape index (κ1) is 22.0. The van der Waals surface area contributed by atoms with Gasteiger partial charge in [-0.15, -0.1) is 0 Å². The van der Waals surface area contributed by atoms with Crippen LogP contribution in [0.4, 0.5) is 0 Å². The summed E-state index contributed by atoms with van der Waals surface area (Å²) in [6.45, 7) is 1.60. The second-order valence-corrected chi connectivity index (χ2v) is 10.2. The Balaban J connectivity index is 1.28. The number of amides is 1. The molecule has 0 aromatic heterocycles. The molecule has 4 bridgehead atoms. The van der Waals surface area contributed by atoms with Gasteiger partial charge in [-0.2, -0.15) is 0 Å². The molecule has 170 valence electrons. The third-order valence-electron chi connectivity index (χ3n) is 7.62. The number of nitrogens with one attached hydrogen (secondary N) is 1. The topological polar surface area (TPSA) is 125 Å². The van der Waals surface area contributed by atoms with Crippen LogP contribution in [-0.2, 0) is 19.1 Å². The van der Waals surface area contributed by atoms with Crippen molar-refractivity contribution in [3.8, 4) is 0 Å². The molecular formula is C22H35NO7. The molecule has 4 N–H and O–H groups in total. The number of aliphatic hydroxyl groups excluding tert-OH is 3. The maximum Gasteiger partial charge on any atom is 0.306 e. The van der Waals surface area contributed by atoms with Crippen molar-refractivity contribution in [3.05, 3.63) is 0 Å². The van der Waals surface area contributed by atoms with Gasteiger partial charge in [0.2, 0.25) is 5.91 Å². The average molecular weight is 426 g/mol. The minimum absolute atomic E-state index is 0.0611. The summed E-state index contributed by atoms with van der Waals surface area (Å²) < 4.78 is 10.8. The van der Waals surface area contributed by atoms with Gasteiger partial charge in [0, 0.05) is 6.42 Å². The van der Waals surface area contributed by atoms with E-state index < -0.39 is 30.6 Å². The van der Waals surface area contributed by atoms with E-state index in [0.717, 1.165) is 37.0 Å². The summed E-state index contributed by atoms with van der Waals surface area (Å²) in [7, 11) is 0. The highest BCUT2D eigenvalue weighted by Gasteiger charge is 2.52. The Labute approximate surface area is 177 Å². The largest absolute Gasteiger partial charge is 0.463 e. The maximum atomic E-state index is 12.6. The predicted molar refractivity (Wildman–Crippen MR) is 106 cm³/mol. The van der Waals surface area contributed by atoms with E-state index in [0.29, 0.717) is 12.8 Å². The molecule has 5 atom stereocenters. The van der Waals surface area contributed by atoms with Crippen molar-refractivity contribution in [1.29, 1.82) is 0 Å². The van der Waals surface area contributed by atoms with Crippen LogP contribution in [0.2, 0.25) is 0 Å². The number of aliphatic hydroxyl groups is 3. The van der Waals surface area contributed by atoms with Crippen molar-refractivity contribution in [1.82, 2.24) is 5.32 Å². The summed E-state index contributed by atoms with van der Waals surface area (Å²) in [5.41, 5.74) is 0.0611. The van der Waals surface area contributed by atoms with Crippen LogP contribution in [-0.4, -0.2) is 64.4 Å². The number of esters is 1. The summed E-state index contributed by atoms with van der Waals surface area (Å²) >= 11 is 0. The van der Waals surface area contributed by atoms with Crippen LogP contribution in [0.5, 0.6) is 0 Å². The van der Waals surface area contributed by atoms with Crippen molar-refractivity contribution in [2.75, 3.05) is 6.61 Å². The lowest BCUT2D eigenvalue weighted by Crippen LogP contribution is -2.64. The van der Waals surface area contributed by atoms with Gasteiger partial charge in [0.15, 0.2) is 6.29 Å². The van der Waals surface area contributed by atoms with Gasteiger partial charge in [-0.3, -0.25) is 9.59 Å². The van der Waals surface area contributed by atoms with Gasteiger partial charge >= 0.3 is 5.97 Å². The van der Waals surface area contributed by atoms with Crippen LogP contribution >= 0.6 is 0 Å². The van der Waals surface area contributed by atoms with Gasteiger partial charge < -0.3 is 30.1 Å². The first-order valence-corrected chi connectivity index (χ1v) is 11.4. The fourth-order valence-electron chi connectivity index (χ4n) is 6.76. The SMILES string of the molecule is CCCC(=O)N[C@H]1C(O)O[C@H](COC(=O)CC23CC4CC(CC(C4)C2)C3)[C@@H](O)[C@@H]1O. The van der Waals surface area contributed by atoms with Crippen LogP contribution in [0, 0.1) is 23.2 Å². The molecule has 8 heteroatoms. The average Bonchev–Trinajstić information content (AvgIpc) is 2.65. The van der Waals surface area contributed by atoms with Crippen LogP contribution < -0.4 is 5.32 Å². The Hall–Kier alpha value is -1.22. The summed E-state index contributed by atoms with van der Waals surface area (Å²) in [6, 6.07) is -1.13. The molecule has 1 amide bonds. The molecule has 1 aliphatic heterocycles. The molecule has 4 aliphatic carbocycles. The molecule has 1 heterocycles. The first-order valence-electron chi connectivity index (χ1n) is 11.4. The number of ether oxygens (including phenoxy) is 2. The molecule has 5 rings (SSSR count). The van der Waals surface area contributed by atoms with E-state index >= 15 is 0 Å². The maximum absolute atomic E-state index is 12.6. The van der Waals surface area contributed by atoms with E-state index in [1.165, 1.54) is 19.3 Å². The van der Waals surface area contributed by atoms with Crippen LogP contribution in [0.15, 0.2) is 0 Å². The molecule has 0 aromatic rings. The number of rotatable bonds is 7. The zero-order valence-corrected chi connectivity index (χ0v) is 17.7. The highest BCUT2D eigenvalue weighted by atomic mass is 16.6. The van der Waals surface area contributed by atoms with E-state index in [4.69, 9.17) is 9.47 Å². The van der Waals surface area contributed by atoms with Crippen molar-refractivity contribution in [2.24, 2.45) is 23.2 Å². The Bertz CT molecular complexity index is 618. The predicted octanol–water partition coefficient (Wildman–Crippen LogP) is 0.860. The van der Waals surface area contributed by atoms with Crippen LogP contribution in [0.1, 0.15) is 64.7 Å². The fourth-order valence-corrected chi connectivity index (χ4v) is 6.76. The molecule has 5 aliphatic rings. The van der Waals surface area contributed by atoms with Gasteiger partial charge in [-0.05, 0) is 68.1 Å². The molecule has 0 aromatic carbocycles. The molecule has 5 fully saturated rings. The van der Waals surface area contributed by atoms with Gasteiger partial charge in [0.1, 0.15) is 31.0 Å². The molecule has 4 saturated carbocycles. The second kappa shape index (κ2) is 8.73. The fraction of sp³-hybridized carbons (Fsp3) is 0.909. The lowest BCUT2D eigenvalue weighted by Gasteiger charge is -2.56.